The maximum absolute atomic E-state index is 5.81. The molecule has 0 fully saturated rings. The highest BCUT2D eigenvalue weighted by Gasteiger charge is 2.02. The fourth-order valence-electron chi connectivity index (χ4n) is 1.56. The fourth-order valence-corrected chi connectivity index (χ4v) is 1.72. The maximum atomic E-state index is 5.81. The van der Waals surface area contributed by atoms with Gasteiger partial charge in [-0.2, -0.15) is 0 Å². The third-order valence-corrected chi connectivity index (χ3v) is 2.70. The molecule has 0 amide bonds. The fraction of sp³-hybridized carbons (Fsp3) is 0.214. The molecular weight excluding hydrogens is 234 g/mol. The predicted octanol–water partition coefficient (Wildman–Crippen LogP) is 4.23. The Morgan fingerprint density at radius 1 is 1.12 bits per heavy atom. The Hall–Kier alpha value is -1.54. The van der Waals surface area contributed by atoms with Gasteiger partial charge >= 0.3 is 0 Å². The molecule has 0 radical (unpaired) electrons. The van der Waals surface area contributed by atoms with Crippen molar-refractivity contribution in [3.8, 4) is 11.6 Å². The molecule has 0 saturated heterocycles. The monoisotopic (exact) mass is 247 g/mol. The highest BCUT2D eigenvalue weighted by Crippen LogP contribution is 2.22. The Morgan fingerprint density at radius 3 is 2.47 bits per heavy atom. The van der Waals surface area contributed by atoms with Gasteiger partial charge in [-0.05, 0) is 37.6 Å². The number of halogens is 1. The van der Waals surface area contributed by atoms with E-state index in [0.717, 1.165) is 17.0 Å². The third kappa shape index (κ3) is 3.21. The van der Waals surface area contributed by atoms with E-state index in [1.807, 2.05) is 50.2 Å². The van der Waals surface area contributed by atoms with E-state index in [9.17, 15) is 0 Å². The molecule has 0 spiro atoms. The first kappa shape index (κ1) is 11.9. The van der Waals surface area contributed by atoms with Crippen LogP contribution in [0.3, 0.4) is 0 Å². The van der Waals surface area contributed by atoms with E-state index in [-0.39, 0.29) is 0 Å². The van der Waals surface area contributed by atoms with Gasteiger partial charge in [0.05, 0.1) is 0 Å². The Balaban J connectivity index is 2.23. The first-order valence-corrected chi connectivity index (χ1v) is 5.99. The van der Waals surface area contributed by atoms with Gasteiger partial charge in [0.25, 0.3) is 0 Å². The van der Waals surface area contributed by atoms with Crippen LogP contribution in [0, 0.1) is 13.8 Å². The summed E-state index contributed by atoms with van der Waals surface area (Å²) in [6.07, 6.45) is 0. The van der Waals surface area contributed by atoms with Gasteiger partial charge in [0, 0.05) is 17.6 Å². The maximum Gasteiger partial charge on any atom is 0.219 e. The van der Waals surface area contributed by atoms with E-state index in [2.05, 4.69) is 4.98 Å². The van der Waals surface area contributed by atoms with Crippen LogP contribution < -0.4 is 4.74 Å². The molecule has 0 atom stereocenters. The van der Waals surface area contributed by atoms with Crippen LogP contribution in [0.25, 0.3) is 0 Å². The van der Waals surface area contributed by atoms with Crippen LogP contribution >= 0.6 is 11.6 Å². The van der Waals surface area contributed by atoms with Gasteiger partial charge < -0.3 is 4.74 Å². The lowest BCUT2D eigenvalue weighted by Gasteiger charge is -2.07. The minimum Gasteiger partial charge on any atom is -0.439 e. The van der Waals surface area contributed by atoms with Gasteiger partial charge in [-0.1, -0.05) is 17.7 Å². The molecule has 0 bridgehead atoms. The Kier molecular flexibility index (Phi) is 3.64. The molecule has 1 aromatic carbocycles. The van der Waals surface area contributed by atoms with E-state index in [1.54, 1.807) is 0 Å². The molecule has 3 heteroatoms. The molecule has 0 aliphatic heterocycles. The summed E-state index contributed by atoms with van der Waals surface area (Å²) in [5.41, 5.74) is 3.13. The molecule has 2 rings (SSSR count). The summed E-state index contributed by atoms with van der Waals surface area (Å²) < 4.78 is 5.69. The van der Waals surface area contributed by atoms with Crippen LogP contribution in [0.5, 0.6) is 11.6 Å². The van der Waals surface area contributed by atoms with Crippen LogP contribution in [0.4, 0.5) is 0 Å². The number of hydrogen-bond donors (Lipinski definition) is 0. The smallest absolute Gasteiger partial charge is 0.219 e. The lowest BCUT2D eigenvalue weighted by molar-refractivity contribution is 0.461. The van der Waals surface area contributed by atoms with Crippen molar-refractivity contribution in [3.63, 3.8) is 0 Å². The van der Waals surface area contributed by atoms with Crippen molar-refractivity contribution < 1.29 is 4.74 Å². The van der Waals surface area contributed by atoms with Gasteiger partial charge in [0.2, 0.25) is 5.88 Å². The van der Waals surface area contributed by atoms with Gasteiger partial charge in [0.15, 0.2) is 0 Å². The number of aryl methyl sites for hydroxylation is 2. The van der Waals surface area contributed by atoms with Gasteiger partial charge in [-0.3, -0.25) is 0 Å². The zero-order valence-corrected chi connectivity index (χ0v) is 10.7. The first-order valence-electron chi connectivity index (χ1n) is 5.45. The second kappa shape index (κ2) is 5.19. The summed E-state index contributed by atoms with van der Waals surface area (Å²) >= 11 is 5.81. The number of rotatable bonds is 3. The minimum atomic E-state index is 0.466. The summed E-state index contributed by atoms with van der Waals surface area (Å²) in [5, 5.41) is 0. The zero-order valence-electron chi connectivity index (χ0n) is 9.90. The summed E-state index contributed by atoms with van der Waals surface area (Å²) in [6, 6.07) is 11.7. The van der Waals surface area contributed by atoms with Gasteiger partial charge in [-0.25, -0.2) is 4.98 Å². The molecule has 2 nitrogen and oxygen atoms in total. The van der Waals surface area contributed by atoms with Crippen LogP contribution in [-0.4, -0.2) is 4.98 Å². The van der Waals surface area contributed by atoms with Crippen molar-refractivity contribution in [1.29, 1.82) is 0 Å². The first-order chi connectivity index (χ1) is 8.17. The van der Waals surface area contributed by atoms with Crippen molar-refractivity contribution in [2.45, 2.75) is 19.7 Å². The summed E-state index contributed by atoms with van der Waals surface area (Å²) in [5.74, 6) is 1.84. The van der Waals surface area contributed by atoms with E-state index in [1.165, 1.54) is 5.56 Å². The molecule has 88 valence electrons. The van der Waals surface area contributed by atoms with E-state index < -0.39 is 0 Å². The summed E-state index contributed by atoms with van der Waals surface area (Å²) in [7, 11) is 0. The number of pyridine rings is 1. The number of nitrogens with zero attached hydrogens (tertiary/aromatic N) is 1. The predicted molar refractivity (Wildman–Crippen MR) is 69.8 cm³/mol. The lowest BCUT2D eigenvalue weighted by Crippen LogP contribution is -1.92. The molecule has 0 N–H and O–H groups in total. The minimum absolute atomic E-state index is 0.466. The molecule has 2 aromatic rings. The number of alkyl halides is 1. The van der Waals surface area contributed by atoms with Crippen molar-refractivity contribution in [2.75, 3.05) is 0 Å². The molecule has 17 heavy (non-hydrogen) atoms. The topological polar surface area (TPSA) is 22.1 Å². The lowest BCUT2D eigenvalue weighted by atomic mass is 10.2. The van der Waals surface area contributed by atoms with E-state index >= 15 is 0 Å². The molecular formula is C14H14ClNO. The molecule has 0 saturated carbocycles. The van der Waals surface area contributed by atoms with Crippen molar-refractivity contribution >= 4 is 11.6 Å². The summed E-state index contributed by atoms with van der Waals surface area (Å²) in [6.45, 7) is 3.97. The average molecular weight is 248 g/mol. The van der Waals surface area contributed by atoms with Crippen LogP contribution in [0.2, 0.25) is 0 Å². The Bertz CT molecular complexity index is 508. The summed E-state index contributed by atoms with van der Waals surface area (Å²) in [4.78, 5) is 4.32. The van der Waals surface area contributed by atoms with Crippen molar-refractivity contribution in [1.82, 2.24) is 4.98 Å². The molecule has 0 unspecified atom stereocenters. The molecule has 1 heterocycles. The van der Waals surface area contributed by atoms with Crippen LogP contribution in [0.15, 0.2) is 36.4 Å². The van der Waals surface area contributed by atoms with Crippen molar-refractivity contribution in [2.24, 2.45) is 0 Å². The Labute approximate surface area is 106 Å². The highest BCUT2D eigenvalue weighted by molar-refractivity contribution is 6.17. The molecule has 1 aromatic heterocycles. The average Bonchev–Trinajstić information content (AvgIpc) is 2.31. The molecule has 0 aliphatic rings. The normalized spacial score (nSPS) is 10.3. The van der Waals surface area contributed by atoms with Gasteiger partial charge in [0.1, 0.15) is 5.75 Å². The number of hydrogen-bond acceptors (Lipinski definition) is 2. The SMILES string of the molecule is Cc1ccc(Oc2cc(CCl)cc(C)n2)cc1. The third-order valence-electron chi connectivity index (χ3n) is 2.39. The Morgan fingerprint density at radius 2 is 1.82 bits per heavy atom. The quantitative estimate of drug-likeness (QED) is 0.758. The number of aromatic nitrogens is 1. The van der Waals surface area contributed by atoms with E-state index in [4.69, 9.17) is 16.3 Å². The zero-order chi connectivity index (χ0) is 12.3. The number of benzene rings is 1. The second-order valence-electron chi connectivity index (χ2n) is 4.00. The van der Waals surface area contributed by atoms with Crippen molar-refractivity contribution in [3.05, 3.63) is 53.2 Å². The number of ether oxygens (including phenoxy) is 1. The van der Waals surface area contributed by atoms with Gasteiger partial charge in [-0.15, -0.1) is 11.6 Å². The van der Waals surface area contributed by atoms with Crippen LogP contribution in [0.1, 0.15) is 16.8 Å². The van der Waals surface area contributed by atoms with E-state index in [0.29, 0.717) is 11.8 Å². The largest absolute Gasteiger partial charge is 0.439 e. The van der Waals surface area contributed by atoms with Crippen LogP contribution in [-0.2, 0) is 5.88 Å². The molecule has 0 aliphatic carbocycles. The highest BCUT2D eigenvalue weighted by atomic mass is 35.5. The standard InChI is InChI=1S/C14H14ClNO/c1-10-3-5-13(6-4-10)17-14-8-12(9-15)7-11(2)16-14/h3-8H,9H2,1-2H3. The second-order valence-corrected chi connectivity index (χ2v) is 4.27.